The van der Waals surface area contributed by atoms with Crippen LogP contribution in [0.15, 0.2) is 77.2 Å². The molecule has 1 unspecified atom stereocenters. The van der Waals surface area contributed by atoms with Gasteiger partial charge >= 0.3 is 18.4 Å². The number of alkyl halides is 6. The Balaban J connectivity index is 1.75. The maximum Gasteiger partial charge on any atom is 0.426 e. The minimum absolute atomic E-state index is 0.0713. The van der Waals surface area contributed by atoms with Crippen LogP contribution in [0.2, 0.25) is 0 Å². The molecule has 5 rings (SSSR count). The highest BCUT2D eigenvalue weighted by molar-refractivity contribution is 5.89. The number of anilines is 1. The number of benzene rings is 2. The minimum Gasteiger partial charge on any atom is -0.465 e. The predicted octanol–water partition coefficient (Wildman–Crippen LogP) is 7.77. The summed E-state index contributed by atoms with van der Waals surface area (Å²) in [6.45, 7) is -0.482. The number of hydrogen-bond donors (Lipinski definition) is 2. The maximum absolute atomic E-state index is 14.9. The van der Waals surface area contributed by atoms with Gasteiger partial charge in [0.2, 0.25) is 5.60 Å². The van der Waals surface area contributed by atoms with Gasteiger partial charge < -0.3 is 14.3 Å². The lowest BCUT2D eigenvalue weighted by Crippen LogP contribution is -2.45. The molecule has 1 aliphatic rings. The van der Waals surface area contributed by atoms with Crippen LogP contribution in [0.5, 0.6) is 0 Å². The Labute approximate surface area is 240 Å². The molecule has 2 N–H and O–H groups in total. The van der Waals surface area contributed by atoms with Crippen molar-refractivity contribution in [3.63, 3.8) is 0 Å². The smallest absolute Gasteiger partial charge is 0.426 e. The number of pyridine rings is 1. The number of nitrogens with zero attached hydrogens (tertiary/aromatic N) is 3. The number of aromatic nitrogens is 3. The van der Waals surface area contributed by atoms with Crippen molar-refractivity contribution in [2.75, 3.05) is 5.32 Å². The third kappa shape index (κ3) is 6.09. The van der Waals surface area contributed by atoms with Crippen molar-refractivity contribution < 1.29 is 45.4 Å². The van der Waals surface area contributed by atoms with Crippen molar-refractivity contribution in [2.45, 2.75) is 43.8 Å². The molecule has 1 amide bonds. The number of carbonyl (C=O) groups is 1. The van der Waals surface area contributed by atoms with E-state index in [-0.39, 0.29) is 18.4 Å². The number of amides is 1. The van der Waals surface area contributed by atoms with Crippen LogP contribution < -0.4 is 5.32 Å². The van der Waals surface area contributed by atoms with Crippen LogP contribution in [-0.4, -0.2) is 32.6 Å². The fourth-order valence-electron chi connectivity index (χ4n) is 4.70. The Morgan fingerprint density at radius 1 is 0.977 bits per heavy atom. The molecular formula is C29H22F6N4O4. The van der Waals surface area contributed by atoms with Crippen LogP contribution in [-0.2, 0) is 29.5 Å². The normalized spacial score (nSPS) is 17.2. The molecule has 0 saturated carbocycles. The summed E-state index contributed by atoms with van der Waals surface area (Å²) in [5, 5.41) is 18.4. The van der Waals surface area contributed by atoms with Crippen LogP contribution in [0.3, 0.4) is 0 Å². The van der Waals surface area contributed by atoms with Gasteiger partial charge in [0.1, 0.15) is 0 Å². The molecule has 2 aromatic heterocycles. The standard InChI is InChI=1S/C29H22F6N4O4/c30-28(31,32)20-15-21(36-26(40)41)23-24-38-39-25(43-24)27(29(33,34)35,42-16-17-9-3-1-4-10-17)14-8-2-5-11-18-12-6-7-13-19(18)22(20)37-23/h1-7,9-10,12-13,15,36H,8,11,14,16H2,(H,40,41). The van der Waals surface area contributed by atoms with Gasteiger partial charge in [0.25, 0.3) is 11.8 Å². The molecule has 14 heteroatoms. The predicted molar refractivity (Wildman–Crippen MR) is 141 cm³/mol. The molecule has 1 aliphatic heterocycles. The van der Waals surface area contributed by atoms with E-state index < -0.39 is 71.5 Å². The van der Waals surface area contributed by atoms with E-state index in [1.54, 1.807) is 42.5 Å². The Bertz CT molecular complexity index is 1650. The highest BCUT2D eigenvalue weighted by atomic mass is 19.4. The molecule has 224 valence electrons. The average Bonchev–Trinajstić information content (AvgIpc) is 3.44. The fourth-order valence-corrected chi connectivity index (χ4v) is 4.70. The van der Waals surface area contributed by atoms with Gasteiger partial charge in [-0.15, -0.1) is 10.2 Å². The topological polar surface area (TPSA) is 110 Å². The maximum atomic E-state index is 14.9. The lowest BCUT2D eigenvalue weighted by molar-refractivity contribution is -0.299. The fraction of sp³-hybridized carbons (Fsp3) is 0.241. The van der Waals surface area contributed by atoms with Crippen LogP contribution in [0.25, 0.3) is 22.8 Å². The molecule has 3 heterocycles. The number of ether oxygens (including phenoxy) is 1. The summed E-state index contributed by atoms with van der Waals surface area (Å²) in [4.78, 5) is 15.6. The minimum atomic E-state index is -5.08. The molecular weight excluding hydrogens is 582 g/mol. The van der Waals surface area contributed by atoms with Gasteiger partial charge in [-0.05, 0) is 36.5 Å². The first-order valence-electron chi connectivity index (χ1n) is 12.8. The van der Waals surface area contributed by atoms with Gasteiger partial charge in [-0.25, -0.2) is 9.78 Å². The molecule has 0 spiro atoms. The molecule has 4 bridgehead atoms. The molecule has 0 fully saturated rings. The monoisotopic (exact) mass is 604 g/mol. The van der Waals surface area contributed by atoms with Crippen molar-refractivity contribution in [1.82, 2.24) is 15.2 Å². The molecule has 0 saturated heterocycles. The highest BCUT2D eigenvalue weighted by Gasteiger charge is 2.61. The third-order valence-corrected chi connectivity index (χ3v) is 6.77. The summed E-state index contributed by atoms with van der Waals surface area (Å²) >= 11 is 0. The average molecular weight is 605 g/mol. The Hall–Kier alpha value is -4.72. The van der Waals surface area contributed by atoms with Crippen molar-refractivity contribution in [3.05, 3.63) is 95.4 Å². The number of rotatable bonds is 4. The number of hydrogen-bond acceptors (Lipinski definition) is 6. The van der Waals surface area contributed by atoms with Gasteiger partial charge in [-0.3, -0.25) is 5.32 Å². The quantitative estimate of drug-likeness (QED) is 0.181. The van der Waals surface area contributed by atoms with Crippen LogP contribution in [0, 0.1) is 0 Å². The summed E-state index contributed by atoms with van der Waals surface area (Å²) in [6.07, 6.45) is -9.58. The summed E-state index contributed by atoms with van der Waals surface area (Å²) in [5.74, 6) is -1.75. The molecule has 2 aromatic carbocycles. The van der Waals surface area contributed by atoms with Gasteiger partial charge in [-0.2, -0.15) is 26.3 Å². The van der Waals surface area contributed by atoms with Crippen molar-refractivity contribution in [1.29, 1.82) is 0 Å². The summed E-state index contributed by atoms with van der Waals surface area (Å²) in [7, 11) is 0. The van der Waals surface area contributed by atoms with E-state index >= 15 is 0 Å². The van der Waals surface area contributed by atoms with Crippen LogP contribution in [0.1, 0.15) is 35.4 Å². The Morgan fingerprint density at radius 3 is 2.40 bits per heavy atom. The van der Waals surface area contributed by atoms with E-state index in [2.05, 4.69) is 15.2 Å². The molecule has 1 atom stereocenters. The lowest BCUT2D eigenvalue weighted by Gasteiger charge is -2.32. The number of nitrogens with one attached hydrogen (secondary N) is 1. The second kappa shape index (κ2) is 11.5. The first-order chi connectivity index (χ1) is 20.4. The lowest BCUT2D eigenvalue weighted by atomic mass is 9.94. The van der Waals surface area contributed by atoms with E-state index in [9.17, 15) is 36.2 Å². The van der Waals surface area contributed by atoms with E-state index in [0.29, 0.717) is 17.2 Å². The number of halogens is 6. The van der Waals surface area contributed by atoms with Gasteiger partial charge in [0.15, 0.2) is 5.69 Å². The van der Waals surface area contributed by atoms with Gasteiger partial charge in [0.05, 0.1) is 23.6 Å². The Kier molecular flexibility index (Phi) is 7.97. The van der Waals surface area contributed by atoms with E-state index in [4.69, 9.17) is 9.15 Å². The third-order valence-electron chi connectivity index (χ3n) is 6.77. The summed E-state index contributed by atoms with van der Waals surface area (Å²) in [5.41, 5.74) is -5.39. The number of fused-ring (bicyclic) bond motifs is 7. The SMILES string of the molecule is O=C(O)Nc1cc(C(F)(F)F)c2nc1-c1nnc(o1)C(OCc1ccccc1)(C(F)(F)F)CCC=CCc1ccccc1-2. The van der Waals surface area contributed by atoms with E-state index in [1.165, 1.54) is 24.3 Å². The van der Waals surface area contributed by atoms with Crippen molar-refractivity contribution in [2.24, 2.45) is 0 Å². The first-order valence-corrected chi connectivity index (χ1v) is 12.8. The molecule has 4 aromatic rings. The van der Waals surface area contributed by atoms with Gasteiger partial charge in [0, 0.05) is 5.56 Å². The molecule has 0 aliphatic carbocycles. The number of allylic oxidation sites excluding steroid dienone is 2. The van der Waals surface area contributed by atoms with Crippen molar-refractivity contribution in [3.8, 4) is 22.8 Å². The van der Waals surface area contributed by atoms with Gasteiger partial charge in [-0.1, -0.05) is 66.7 Å². The zero-order valence-corrected chi connectivity index (χ0v) is 22.0. The molecule has 0 radical (unpaired) electrons. The second-order valence-corrected chi connectivity index (χ2v) is 9.59. The zero-order chi connectivity index (χ0) is 30.8. The molecule has 8 nitrogen and oxygen atoms in total. The zero-order valence-electron chi connectivity index (χ0n) is 22.0. The summed E-state index contributed by atoms with van der Waals surface area (Å²) < 4.78 is 98.5. The second-order valence-electron chi connectivity index (χ2n) is 9.59. The van der Waals surface area contributed by atoms with E-state index in [0.717, 1.165) is 0 Å². The van der Waals surface area contributed by atoms with Crippen molar-refractivity contribution >= 4 is 11.8 Å². The van der Waals surface area contributed by atoms with Crippen LogP contribution in [0.4, 0.5) is 36.8 Å². The first kappa shape index (κ1) is 29.8. The molecule has 43 heavy (non-hydrogen) atoms. The highest BCUT2D eigenvalue weighted by Crippen LogP contribution is 2.47. The Morgan fingerprint density at radius 2 is 1.70 bits per heavy atom. The number of carboxylic acid groups (broad SMARTS) is 1. The van der Waals surface area contributed by atoms with Crippen LogP contribution >= 0.6 is 0 Å². The summed E-state index contributed by atoms with van der Waals surface area (Å²) in [6, 6.07) is 14.6. The van der Waals surface area contributed by atoms with E-state index in [1.807, 2.05) is 5.32 Å². The largest absolute Gasteiger partial charge is 0.465 e.